The molecule has 19 heavy (non-hydrogen) atoms. The molecule has 1 saturated heterocycles. The van der Waals surface area contributed by atoms with Crippen molar-refractivity contribution in [1.82, 2.24) is 4.90 Å². The first-order chi connectivity index (χ1) is 9.17. The van der Waals surface area contributed by atoms with Gasteiger partial charge in [0.05, 0.1) is 0 Å². The Labute approximate surface area is 120 Å². The summed E-state index contributed by atoms with van der Waals surface area (Å²) in [5.41, 5.74) is 0. The number of hydrogen-bond acceptors (Lipinski definition) is 2. The summed E-state index contributed by atoms with van der Waals surface area (Å²) in [5.74, 6) is 1.81. The van der Waals surface area contributed by atoms with Crippen molar-refractivity contribution in [2.24, 2.45) is 11.8 Å². The molecule has 0 spiro atoms. The quantitative estimate of drug-likeness (QED) is 0.608. The third-order valence-electron chi connectivity index (χ3n) is 4.89. The summed E-state index contributed by atoms with van der Waals surface area (Å²) in [4.78, 5) is 2.74. The molecule has 1 fully saturated rings. The molecule has 0 aromatic rings. The minimum Gasteiger partial charge on any atom is -0.385 e. The van der Waals surface area contributed by atoms with Crippen molar-refractivity contribution in [3.05, 3.63) is 0 Å². The van der Waals surface area contributed by atoms with Crippen molar-refractivity contribution in [2.75, 3.05) is 26.8 Å². The summed E-state index contributed by atoms with van der Waals surface area (Å²) in [7, 11) is 1.81. The summed E-state index contributed by atoms with van der Waals surface area (Å²) in [5, 5.41) is 0. The average molecular weight is 269 g/mol. The van der Waals surface area contributed by atoms with Crippen LogP contribution >= 0.6 is 0 Å². The Balaban J connectivity index is 2.31. The molecule has 0 N–H and O–H groups in total. The largest absolute Gasteiger partial charge is 0.385 e. The third kappa shape index (κ3) is 6.76. The maximum absolute atomic E-state index is 5.18. The Morgan fingerprint density at radius 2 is 2.05 bits per heavy atom. The molecule has 1 aliphatic rings. The van der Waals surface area contributed by atoms with E-state index in [-0.39, 0.29) is 0 Å². The average Bonchev–Trinajstić information content (AvgIpc) is 2.62. The van der Waals surface area contributed by atoms with Crippen LogP contribution in [0.25, 0.3) is 0 Å². The molecular formula is C17H35NO. The van der Waals surface area contributed by atoms with E-state index in [1.807, 2.05) is 7.11 Å². The highest BCUT2D eigenvalue weighted by Gasteiger charge is 2.20. The monoisotopic (exact) mass is 269 g/mol. The first kappa shape index (κ1) is 17.0. The molecule has 3 unspecified atom stereocenters. The molecule has 0 saturated carbocycles. The summed E-state index contributed by atoms with van der Waals surface area (Å²) < 4.78 is 5.18. The predicted molar refractivity (Wildman–Crippen MR) is 83.6 cm³/mol. The highest BCUT2D eigenvalue weighted by molar-refractivity contribution is 4.75. The lowest BCUT2D eigenvalue weighted by molar-refractivity contribution is 0.163. The predicted octanol–water partition coefficient (Wildman–Crippen LogP) is 4.34. The molecule has 2 heteroatoms. The number of rotatable bonds is 8. The second-order valence-electron chi connectivity index (χ2n) is 6.57. The van der Waals surface area contributed by atoms with Crippen LogP contribution in [0.2, 0.25) is 0 Å². The van der Waals surface area contributed by atoms with Gasteiger partial charge >= 0.3 is 0 Å². The minimum absolute atomic E-state index is 0.762. The highest BCUT2D eigenvalue weighted by atomic mass is 16.5. The zero-order chi connectivity index (χ0) is 14.1. The lowest BCUT2D eigenvalue weighted by Crippen LogP contribution is -2.35. The molecule has 0 aliphatic carbocycles. The van der Waals surface area contributed by atoms with Crippen molar-refractivity contribution in [3.8, 4) is 0 Å². The molecule has 0 radical (unpaired) electrons. The molecule has 114 valence electrons. The Morgan fingerprint density at radius 3 is 2.74 bits per heavy atom. The van der Waals surface area contributed by atoms with Gasteiger partial charge in [-0.2, -0.15) is 0 Å². The van der Waals surface area contributed by atoms with Crippen LogP contribution in [0.4, 0.5) is 0 Å². The number of likely N-dealkylation sites (tertiary alicyclic amines) is 1. The van der Waals surface area contributed by atoms with Crippen LogP contribution in [-0.2, 0) is 4.74 Å². The molecule has 0 aromatic carbocycles. The fourth-order valence-electron chi connectivity index (χ4n) is 3.36. The molecule has 0 amide bonds. The van der Waals surface area contributed by atoms with Crippen molar-refractivity contribution in [3.63, 3.8) is 0 Å². The smallest absolute Gasteiger partial charge is 0.0462 e. The third-order valence-corrected chi connectivity index (χ3v) is 4.89. The van der Waals surface area contributed by atoms with Gasteiger partial charge in [-0.3, -0.25) is 0 Å². The van der Waals surface area contributed by atoms with Gasteiger partial charge < -0.3 is 9.64 Å². The lowest BCUT2D eigenvalue weighted by atomic mass is 9.92. The van der Waals surface area contributed by atoms with Crippen molar-refractivity contribution in [1.29, 1.82) is 0 Å². The Hall–Kier alpha value is -0.0800. The van der Waals surface area contributed by atoms with Crippen LogP contribution in [0.1, 0.15) is 65.7 Å². The second kappa shape index (κ2) is 9.77. The number of ether oxygens (including phenoxy) is 1. The molecule has 1 aliphatic heterocycles. The van der Waals surface area contributed by atoms with Crippen LogP contribution in [0.5, 0.6) is 0 Å². The maximum atomic E-state index is 5.18. The van der Waals surface area contributed by atoms with Gasteiger partial charge in [-0.1, -0.05) is 20.3 Å². The normalized spacial score (nSPS) is 24.9. The zero-order valence-corrected chi connectivity index (χ0v) is 13.7. The lowest BCUT2D eigenvalue weighted by Gasteiger charge is -2.30. The standard InChI is InChI=1S/C17H35NO/c1-5-17(9-7-13-19-4)14-16(3)18-11-6-8-15(2)10-12-18/h15-17H,5-14H2,1-4H3. The maximum Gasteiger partial charge on any atom is 0.0462 e. The van der Waals surface area contributed by atoms with E-state index >= 15 is 0 Å². The van der Waals surface area contributed by atoms with E-state index in [0.29, 0.717) is 0 Å². The summed E-state index contributed by atoms with van der Waals surface area (Å²) >= 11 is 0. The van der Waals surface area contributed by atoms with Gasteiger partial charge in [-0.15, -0.1) is 0 Å². The van der Waals surface area contributed by atoms with E-state index in [9.17, 15) is 0 Å². The molecular weight excluding hydrogens is 234 g/mol. The molecule has 1 rings (SSSR count). The van der Waals surface area contributed by atoms with E-state index < -0.39 is 0 Å². The highest BCUT2D eigenvalue weighted by Crippen LogP contribution is 2.23. The minimum atomic E-state index is 0.762. The Bertz CT molecular complexity index is 219. The van der Waals surface area contributed by atoms with Crippen LogP contribution in [-0.4, -0.2) is 37.7 Å². The summed E-state index contributed by atoms with van der Waals surface area (Å²) in [6, 6.07) is 0.762. The SMILES string of the molecule is CCC(CCCOC)CC(C)N1CCCC(C)CC1. The van der Waals surface area contributed by atoms with E-state index in [4.69, 9.17) is 4.74 Å². The fourth-order valence-corrected chi connectivity index (χ4v) is 3.36. The van der Waals surface area contributed by atoms with Gasteiger partial charge in [-0.25, -0.2) is 0 Å². The second-order valence-corrected chi connectivity index (χ2v) is 6.57. The van der Waals surface area contributed by atoms with Gasteiger partial charge in [0, 0.05) is 19.8 Å². The first-order valence-corrected chi connectivity index (χ1v) is 8.40. The van der Waals surface area contributed by atoms with Gasteiger partial charge in [0.25, 0.3) is 0 Å². The van der Waals surface area contributed by atoms with Gasteiger partial charge in [0.15, 0.2) is 0 Å². The molecule has 0 bridgehead atoms. The Kier molecular flexibility index (Phi) is 8.72. The molecule has 3 atom stereocenters. The summed E-state index contributed by atoms with van der Waals surface area (Å²) in [6.07, 6.45) is 9.45. The Morgan fingerprint density at radius 1 is 1.26 bits per heavy atom. The van der Waals surface area contributed by atoms with E-state index in [0.717, 1.165) is 24.5 Å². The van der Waals surface area contributed by atoms with Crippen LogP contribution in [0, 0.1) is 11.8 Å². The van der Waals surface area contributed by atoms with E-state index in [2.05, 4.69) is 25.7 Å². The van der Waals surface area contributed by atoms with Crippen molar-refractivity contribution >= 4 is 0 Å². The first-order valence-electron chi connectivity index (χ1n) is 8.40. The van der Waals surface area contributed by atoms with Crippen LogP contribution in [0.3, 0.4) is 0 Å². The fraction of sp³-hybridized carbons (Fsp3) is 1.00. The van der Waals surface area contributed by atoms with Crippen LogP contribution < -0.4 is 0 Å². The van der Waals surface area contributed by atoms with Crippen molar-refractivity contribution < 1.29 is 4.74 Å². The molecule has 1 heterocycles. The van der Waals surface area contributed by atoms with E-state index in [1.165, 1.54) is 58.0 Å². The number of hydrogen-bond donors (Lipinski definition) is 0. The van der Waals surface area contributed by atoms with Gasteiger partial charge in [-0.05, 0) is 70.4 Å². The number of nitrogens with zero attached hydrogens (tertiary/aromatic N) is 1. The van der Waals surface area contributed by atoms with Crippen LogP contribution in [0.15, 0.2) is 0 Å². The zero-order valence-electron chi connectivity index (χ0n) is 13.7. The summed E-state index contributed by atoms with van der Waals surface area (Å²) in [6.45, 7) is 10.8. The van der Waals surface area contributed by atoms with Gasteiger partial charge in [0.1, 0.15) is 0 Å². The molecule has 2 nitrogen and oxygen atoms in total. The molecule has 0 aromatic heterocycles. The van der Waals surface area contributed by atoms with Gasteiger partial charge in [0.2, 0.25) is 0 Å². The van der Waals surface area contributed by atoms with E-state index in [1.54, 1.807) is 0 Å². The van der Waals surface area contributed by atoms with Crippen molar-refractivity contribution in [2.45, 2.75) is 71.8 Å². The topological polar surface area (TPSA) is 12.5 Å². The number of methoxy groups -OCH3 is 1.